The highest BCUT2D eigenvalue weighted by Gasteiger charge is 2.23. The van der Waals surface area contributed by atoms with Crippen LogP contribution in [0.1, 0.15) is 32.6 Å². The van der Waals surface area contributed by atoms with E-state index in [0.29, 0.717) is 0 Å². The number of allylic oxidation sites excluding steroid dienone is 2. The molecule has 1 atom stereocenters. The van der Waals surface area contributed by atoms with E-state index in [0.717, 1.165) is 32.8 Å². The summed E-state index contributed by atoms with van der Waals surface area (Å²) in [6.07, 6.45) is 5.36. The molecule has 1 aliphatic heterocycles. The van der Waals surface area contributed by atoms with Gasteiger partial charge in [-0.25, -0.2) is 4.79 Å². The van der Waals surface area contributed by atoms with E-state index in [1.807, 2.05) is 6.92 Å². The van der Waals surface area contributed by atoms with E-state index in [2.05, 4.69) is 20.2 Å². The highest BCUT2D eigenvalue weighted by Crippen LogP contribution is 2.11. The average Bonchev–Trinajstić information content (AvgIpc) is 2.55. The molecular weight excluding hydrogens is 318 g/mol. The van der Waals surface area contributed by atoms with Gasteiger partial charge in [-0.2, -0.15) is 0 Å². The topological polar surface area (TPSA) is 129 Å². The van der Waals surface area contributed by atoms with Crippen molar-refractivity contribution >= 4 is 17.8 Å². The van der Waals surface area contributed by atoms with Crippen LogP contribution in [0.5, 0.6) is 0 Å². The molecule has 134 valence electrons. The Bertz CT molecular complexity index is 529. The van der Waals surface area contributed by atoms with Crippen LogP contribution in [0.4, 0.5) is 4.79 Å². The van der Waals surface area contributed by atoms with E-state index < -0.39 is 24.6 Å². The molecule has 0 radical (unpaired) electrons. The van der Waals surface area contributed by atoms with Crippen molar-refractivity contribution < 1.29 is 28.6 Å². The second-order valence-electron chi connectivity index (χ2n) is 5.13. The maximum atomic E-state index is 12.3. The summed E-state index contributed by atoms with van der Waals surface area (Å²) in [5.41, 5.74) is 1.93. The summed E-state index contributed by atoms with van der Waals surface area (Å²) in [6.45, 7) is 1.26. The minimum Gasteiger partial charge on any atom is -0.451 e. The summed E-state index contributed by atoms with van der Waals surface area (Å²) in [6, 6.07) is -0.0908. The van der Waals surface area contributed by atoms with Gasteiger partial charge in [0.2, 0.25) is 18.3 Å². The van der Waals surface area contributed by atoms with Crippen molar-refractivity contribution in [3.8, 4) is 0 Å². The molecule has 0 aromatic heterocycles. The Balaban J connectivity index is 3.02. The average molecular weight is 341 g/mol. The summed E-state index contributed by atoms with van der Waals surface area (Å²) < 4.78 is 14.0. The fourth-order valence-electron chi connectivity index (χ4n) is 2.04. The van der Waals surface area contributed by atoms with Gasteiger partial charge >= 0.3 is 6.16 Å². The van der Waals surface area contributed by atoms with Crippen molar-refractivity contribution in [3.05, 3.63) is 23.6 Å². The Labute approximate surface area is 140 Å². The molecule has 9 heteroatoms. The van der Waals surface area contributed by atoms with E-state index in [-0.39, 0.29) is 17.5 Å². The molecule has 0 aliphatic carbocycles. The van der Waals surface area contributed by atoms with Crippen LogP contribution in [0.3, 0.4) is 0 Å². The summed E-state index contributed by atoms with van der Waals surface area (Å²) in [7, 11) is 1.13. The SMILES string of the molecule is COC(=O)OCO/C1=C(/NN)C(=O)NC(C)CCCC/C=C\C1=O. The lowest BCUT2D eigenvalue weighted by Gasteiger charge is -2.18. The Morgan fingerprint density at radius 1 is 1.42 bits per heavy atom. The molecule has 1 rings (SSSR count). The number of methoxy groups -OCH3 is 1. The molecule has 9 nitrogen and oxygen atoms in total. The molecule has 1 amide bonds. The maximum absolute atomic E-state index is 12.3. The number of ether oxygens (including phenoxy) is 3. The van der Waals surface area contributed by atoms with Crippen molar-refractivity contribution in [2.45, 2.75) is 38.6 Å². The van der Waals surface area contributed by atoms with Gasteiger partial charge in [-0.1, -0.05) is 12.5 Å². The van der Waals surface area contributed by atoms with Gasteiger partial charge in [0.15, 0.2) is 5.70 Å². The first-order valence-corrected chi connectivity index (χ1v) is 7.55. The molecule has 0 aromatic carbocycles. The fourth-order valence-corrected chi connectivity index (χ4v) is 2.04. The number of rotatable bonds is 4. The standard InChI is InChI=1S/C15H23N3O6/c1-10-7-5-3-4-6-8-11(19)13(12(18-16)14(20)17-10)23-9-24-15(21)22-2/h6,8,10,18H,3-5,7,9,16H2,1-2H3,(H,17,20)/b8-6-,13-12+. The largest absolute Gasteiger partial charge is 0.510 e. The Morgan fingerprint density at radius 3 is 2.83 bits per heavy atom. The molecule has 0 bridgehead atoms. The van der Waals surface area contributed by atoms with Gasteiger partial charge in [-0.3, -0.25) is 15.4 Å². The predicted molar refractivity (Wildman–Crippen MR) is 84.0 cm³/mol. The van der Waals surface area contributed by atoms with Gasteiger partial charge < -0.3 is 25.0 Å². The first-order valence-electron chi connectivity index (χ1n) is 7.55. The number of hydrogen-bond donors (Lipinski definition) is 3. The molecule has 1 heterocycles. The molecular formula is C15H23N3O6. The van der Waals surface area contributed by atoms with Crippen molar-refractivity contribution in [2.24, 2.45) is 5.84 Å². The third-order valence-electron chi connectivity index (χ3n) is 3.27. The first-order chi connectivity index (χ1) is 11.5. The molecule has 4 N–H and O–H groups in total. The van der Waals surface area contributed by atoms with Crippen LogP contribution in [0.25, 0.3) is 0 Å². The van der Waals surface area contributed by atoms with Crippen LogP contribution < -0.4 is 16.6 Å². The molecule has 0 fully saturated rings. The van der Waals surface area contributed by atoms with Crippen LogP contribution in [0, 0.1) is 0 Å². The van der Waals surface area contributed by atoms with Gasteiger partial charge in [0.25, 0.3) is 5.91 Å². The predicted octanol–water partition coefficient (Wildman–Crippen LogP) is 0.622. The Hall–Kier alpha value is -2.55. The number of nitrogens with two attached hydrogens (primary N) is 1. The van der Waals surface area contributed by atoms with E-state index in [9.17, 15) is 14.4 Å². The first kappa shape index (κ1) is 19.5. The van der Waals surface area contributed by atoms with Gasteiger partial charge in [0, 0.05) is 6.04 Å². The lowest BCUT2D eigenvalue weighted by molar-refractivity contribution is -0.121. The van der Waals surface area contributed by atoms with E-state index in [4.69, 9.17) is 10.6 Å². The van der Waals surface area contributed by atoms with Crippen molar-refractivity contribution in [1.29, 1.82) is 0 Å². The van der Waals surface area contributed by atoms with Gasteiger partial charge in [-0.15, -0.1) is 0 Å². The Kier molecular flexibility index (Phi) is 8.34. The number of hydrazine groups is 1. The second-order valence-corrected chi connectivity index (χ2v) is 5.13. The van der Waals surface area contributed by atoms with Crippen LogP contribution in [-0.4, -0.2) is 37.8 Å². The number of hydrogen-bond acceptors (Lipinski definition) is 8. The zero-order chi connectivity index (χ0) is 17.9. The number of amides is 1. The van der Waals surface area contributed by atoms with Crippen LogP contribution in [0.2, 0.25) is 0 Å². The minimum absolute atomic E-state index is 0.0908. The number of carbonyl (C=O) groups excluding carboxylic acids is 3. The highest BCUT2D eigenvalue weighted by molar-refractivity contribution is 6.08. The maximum Gasteiger partial charge on any atom is 0.510 e. The highest BCUT2D eigenvalue weighted by atomic mass is 16.8. The zero-order valence-corrected chi connectivity index (χ0v) is 13.8. The summed E-state index contributed by atoms with van der Waals surface area (Å²) in [5, 5.41) is 2.73. The minimum atomic E-state index is -0.980. The smallest absolute Gasteiger partial charge is 0.451 e. The molecule has 0 saturated heterocycles. The monoisotopic (exact) mass is 341 g/mol. The van der Waals surface area contributed by atoms with Gasteiger partial charge in [0.05, 0.1) is 7.11 Å². The van der Waals surface area contributed by atoms with E-state index >= 15 is 0 Å². The van der Waals surface area contributed by atoms with Crippen molar-refractivity contribution in [1.82, 2.24) is 10.7 Å². The van der Waals surface area contributed by atoms with E-state index in [1.165, 1.54) is 6.08 Å². The molecule has 24 heavy (non-hydrogen) atoms. The zero-order valence-electron chi connectivity index (χ0n) is 13.8. The molecule has 0 spiro atoms. The number of carbonyl (C=O) groups is 3. The number of ketones is 1. The van der Waals surface area contributed by atoms with Gasteiger partial charge in [0.1, 0.15) is 0 Å². The summed E-state index contributed by atoms with van der Waals surface area (Å²) in [5.74, 6) is 3.88. The lowest BCUT2D eigenvalue weighted by Crippen LogP contribution is -2.41. The Morgan fingerprint density at radius 2 is 2.17 bits per heavy atom. The van der Waals surface area contributed by atoms with Crippen LogP contribution >= 0.6 is 0 Å². The van der Waals surface area contributed by atoms with Crippen LogP contribution in [0.15, 0.2) is 23.6 Å². The molecule has 1 aliphatic rings. The van der Waals surface area contributed by atoms with Crippen molar-refractivity contribution in [3.63, 3.8) is 0 Å². The van der Waals surface area contributed by atoms with Gasteiger partial charge in [-0.05, 0) is 32.3 Å². The summed E-state index contributed by atoms with van der Waals surface area (Å²) >= 11 is 0. The fraction of sp³-hybridized carbons (Fsp3) is 0.533. The normalized spacial score (nSPS) is 24.0. The second kappa shape index (κ2) is 10.3. The van der Waals surface area contributed by atoms with Crippen LogP contribution in [-0.2, 0) is 23.8 Å². The third-order valence-corrected chi connectivity index (χ3v) is 3.27. The van der Waals surface area contributed by atoms with E-state index in [1.54, 1.807) is 6.08 Å². The lowest BCUT2D eigenvalue weighted by atomic mass is 10.1. The molecule has 1 unspecified atom stereocenters. The summed E-state index contributed by atoms with van der Waals surface area (Å²) in [4.78, 5) is 35.5. The van der Waals surface area contributed by atoms with Crippen molar-refractivity contribution in [2.75, 3.05) is 13.9 Å². The molecule has 0 aromatic rings. The number of nitrogens with one attached hydrogen (secondary N) is 2. The third kappa shape index (κ3) is 6.29. The quantitative estimate of drug-likeness (QED) is 0.294. The molecule has 0 saturated carbocycles.